The highest BCUT2D eigenvalue weighted by molar-refractivity contribution is 5.98. The standard InChI is InChI=1S/C22H31N3O3/c1-15(2)24-11-9-18(14-24)28-17-7-8-19-16(12-17)13-20(23-19)22(26)25-10-5-4-6-21(25)27-3/h7-8,12-13,15,18,21,23H,4-6,9-11,14H2,1-3H3. The first-order chi connectivity index (χ1) is 13.5. The van der Waals surface area contributed by atoms with Crippen molar-refractivity contribution in [3.8, 4) is 5.75 Å². The number of carbonyl (C=O) groups is 1. The molecule has 3 heterocycles. The molecule has 1 N–H and O–H groups in total. The fraction of sp³-hybridized carbons (Fsp3) is 0.591. The second kappa shape index (κ2) is 8.13. The summed E-state index contributed by atoms with van der Waals surface area (Å²) in [6, 6.07) is 8.51. The van der Waals surface area contributed by atoms with Gasteiger partial charge in [0.15, 0.2) is 0 Å². The Balaban J connectivity index is 1.48. The molecule has 6 heteroatoms. The number of fused-ring (bicyclic) bond motifs is 1. The van der Waals surface area contributed by atoms with Crippen molar-refractivity contribution in [1.29, 1.82) is 0 Å². The summed E-state index contributed by atoms with van der Waals surface area (Å²) in [6.45, 7) is 7.26. The molecule has 0 radical (unpaired) electrons. The number of ether oxygens (including phenoxy) is 2. The topological polar surface area (TPSA) is 57.8 Å². The number of piperidine rings is 1. The van der Waals surface area contributed by atoms with Gasteiger partial charge in [0.05, 0.1) is 0 Å². The number of aromatic nitrogens is 1. The zero-order chi connectivity index (χ0) is 19.7. The largest absolute Gasteiger partial charge is 0.489 e. The third-order valence-electron chi connectivity index (χ3n) is 6.01. The van der Waals surface area contributed by atoms with Gasteiger partial charge in [-0.2, -0.15) is 0 Å². The van der Waals surface area contributed by atoms with E-state index in [9.17, 15) is 4.79 Å². The van der Waals surface area contributed by atoms with Crippen LogP contribution in [0.15, 0.2) is 24.3 Å². The molecule has 6 nitrogen and oxygen atoms in total. The molecule has 0 aliphatic carbocycles. The van der Waals surface area contributed by atoms with Gasteiger partial charge in [0.1, 0.15) is 23.8 Å². The Morgan fingerprint density at radius 2 is 2.04 bits per heavy atom. The molecule has 2 fully saturated rings. The van der Waals surface area contributed by atoms with Gasteiger partial charge in [0, 0.05) is 43.7 Å². The minimum atomic E-state index is -0.127. The molecule has 28 heavy (non-hydrogen) atoms. The fourth-order valence-electron chi connectivity index (χ4n) is 4.34. The van der Waals surface area contributed by atoms with Crippen LogP contribution in [0.2, 0.25) is 0 Å². The van der Waals surface area contributed by atoms with Gasteiger partial charge in [-0.15, -0.1) is 0 Å². The number of hydrogen-bond donors (Lipinski definition) is 1. The van der Waals surface area contributed by atoms with Crippen molar-refractivity contribution >= 4 is 16.8 Å². The first-order valence-corrected chi connectivity index (χ1v) is 10.4. The number of aromatic amines is 1. The SMILES string of the molecule is COC1CCCCN1C(=O)c1cc2cc(OC3CCN(C(C)C)C3)ccc2[nH]1. The van der Waals surface area contributed by atoms with E-state index in [0.29, 0.717) is 11.7 Å². The molecular formula is C22H31N3O3. The lowest BCUT2D eigenvalue weighted by Gasteiger charge is -2.34. The van der Waals surface area contributed by atoms with Crippen molar-refractivity contribution in [2.24, 2.45) is 0 Å². The number of methoxy groups -OCH3 is 1. The monoisotopic (exact) mass is 385 g/mol. The summed E-state index contributed by atoms with van der Waals surface area (Å²) in [5.74, 6) is 0.877. The highest BCUT2D eigenvalue weighted by Crippen LogP contribution is 2.26. The zero-order valence-corrected chi connectivity index (χ0v) is 17.1. The first kappa shape index (κ1) is 19.3. The van der Waals surface area contributed by atoms with E-state index < -0.39 is 0 Å². The molecule has 2 unspecified atom stereocenters. The molecule has 2 atom stereocenters. The van der Waals surface area contributed by atoms with Gasteiger partial charge in [0.2, 0.25) is 0 Å². The van der Waals surface area contributed by atoms with Gasteiger partial charge in [-0.05, 0) is 63.8 Å². The van der Waals surface area contributed by atoms with Crippen LogP contribution >= 0.6 is 0 Å². The summed E-state index contributed by atoms with van der Waals surface area (Å²) in [4.78, 5) is 20.5. The maximum Gasteiger partial charge on any atom is 0.272 e. The number of likely N-dealkylation sites (tertiary alicyclic amines) is 2. The van der Waals surface area contributed by atoms with E-state index in [1.54, 1.807) is 7.11 Å². The van der Waals surface area contributed by atoms with Crippen LogP contribution in [0.3, 0.4) is 0 Å². The second-order valence-electron chi connectivity index (χ2n) is 8.23. The molecule has 2 aliphatic heterocycles. The molecular weight excluding hydrogens is 354 g/mol. The minimum absolute atomic E-state index is 0.00795. The summed E-state index contributed by atoms with van der Waals surface area (Å²) >= 11 is 0. The quantitative estimate of drug-likeness (QED) is 0.854. The van der Waals surface area contributed by atoms with Crippen LogP contribution in [0, 0.1) is 0 Å². The van der Waals surface area contributed by atoms with Crippen molar-refractivity contribution in [1.82, 2.24) is 14.8 Å². The Hall–Kier alpha value is -2.05. The van der Waals surface area contributed by atoms with Crippen LogP contribution in [-0.4, -0.2) is 65.8 Å². The Morgan fingerprint density at radius 1 is 1.18 bits per heavy atom. The third kappa shape index (κ3) is 3.89. The molecule has 2 aliphatic rings. The summed E-state index contributed by atoms with van der Waals surface area (Å²) in [5, 5.41) is 1.01. The van der Waals surface area contributed by atoms with Crippen molar-refractivity contribution in [3.05, 3.63) is 30.0 Å². The van der Waals surface area contributed by atoms with Crippen LogP contribution in [0.4, 0.5) is 0 Å². The number of benzene rings is 1. The molecule has 0 saturated carbocycles. The molecule has 4 rings (SSSR count). The molecule has 0 spiro atoms. The predicted octanol–water partition coefficient (Wildman–Crippen LogP) is 3.63. The number of H-pyrrole nitrogens is 1. The number of amides is 1. The highest BCUT2D eigenvalue weighted by atomic mass is 16.5. The van der Waals surface area contributed by atoms with E-state index in [-0.39, 0.29) is 18.2 Å². The third-order valence-corrected chi connectivity index (χ3v) is 6.01. The van der Waals surface area contributed by atoms with Crippen molar-refractivity contribution in [3.63, 3.8) is 0 Å². The smallest absolute Gasteiger partial charge is 0.272 e. The van der Waals surface area contributed by atoms with E-state index in [2.05, 4.69) is 23.7 Å². The number of nitrogens with zero attached hydrogens (tertiary/aromatic N) is 2. The Morgan fingerprint density at radius 3 is 2.79 bits per heavy atom. The molecule has 1 amide bonds. The van der Waals surface area contributed by atoms with E-state index in [4.69, 9.17) is 9.47 Å². The van der Waals surface area contributed by atoms with Gasteiger partial charge in [-0.1, -0.05) is 0 Å². The van der Waals surface area contributed by atoms with Crippen LogP contribution < -0.4 is 4.74 Å². The van der Waals surface area contributed by atoms with Gasteiger partial charge >= 0.3 is 0 Å². The second-order valence-corrected chi connectivity index (χ2v) is 8.23. The fourth-order valence-corrected chi connectivity index (χ4v) is 4.34. The minimum Gasteiger partial charge on any atom is -0.489 e. The average molecular weight is 386 g/mol. The lowest BCUT2D eigenvalue weighted by molar-refractivity contribution is -0.0400. The Bertz CT molecular complexity index is 832. The lowest BCUT2D eigenvalue weighted by atomic mass is 10.1. The zero-order valence-electron chi connectivity index (χ0n) is 17.1. The number of hydrogen-bond acceptors (Lipinski definition) is 4. The number of carbonyl (C=O) groups excluding carboxylic acids is 1. The summed E-state index contributed by atoms with van der Waals surface area (Å²) in [6.07, 6.45) is 4.19. The molecule has 1 aromatic carbocycles. The van der Waals surface area contributed by atoms with Crippen LogP contribution in [0.1, 0.15) is 50.0 Å². The van der Waals surface area contributed by atoms with Gasteiger partial charge in [0.25, 0.3) is 5.91 Å². The lowest BCUT2D eigenvalue weighted by Crippen LogP contribution is -2.44. The van der Waals surface area contributed by atoms with Crippen LogP contribution in [0.25, 0.3) is 10.9 Å². The highest BCUT2D eigenvalue weighted by Gasteiger charge is 2.28. The summed E-state index contributed by atoms with van der Waals surface area (Å²) < 4.78 is 11.7. The van der Waals surface area contributed by atoms with Crippen molar-refractivity contribution in [2.75, 3.05) is 26.7 Å². The molecule has 152 valence electrons. The Labute approximate surface area is 166 Å². The summed E-state index contributed by atoms with van der Waals surface area (Å²) in [5.41, 5.74) is 1.57. The maximum atomic E-state index is 13.0. The van der Waals surface area contributed by atoms with Gasteiger partial charge in [-0.3, -0.25) is 9.69 Å². The van der Waals surface area contributed by atoms with E-state index >= 15 is 0 Å². The van der Waals surface area contributed by atoms with E-state index in [1.807, 2.05) is 29.2 Å². The average Bonchev–Trinajstić information content (AvgIpc) is 3.34. The number of nitrogens with one attached hydrogen (secondary N) is 1. The normalized spacial score (nSPS) is 23.6. The maximum absolute atomic E-state index is 13.0. The predicted molar refractivity (Wildman–Crippen MR) is 110 cm³/mol. The van der Waals surface area contributed by atoms with Crippen molar-refractivity contribution < 1.29 is 14.3 Å². The first-order valence-electron chi connectivity index (χ1n) is 10.4. The summed E-state index contributed by atoms with van der Waals surface area (Å²) in [7, 11) is 1.68. The molecule has 2 saturated heterocycles. The van der Waals surface area contributed by atoms with Crippen molar-refractivity contribution in [2.45, 2.75) is 57.9 Å². The van der Waals surface area contributed by atoms with E-state index in [1.165, 1.54) is 0 Å². The number of rotatable bonds is 5. The molecule has 0 bridgehead atoms. The van der Waals surface area contributed by atoms with Crippen LogP contribution in [-0.2, 0) is 4.74 Å². The molecule has 2 aromatic rings. The van der Waals surface area contributed by atoms with Gasteiger partial charge in [-0.25, -0.2) is 0 Å². The van der Waals surface area contributed by atoms with E-state index in [0.717, 1.165) is 62.0 Å². The molecule has 1 aromatic heterocycles. The van der Waals surface area contributed by atoms with Gasteiger partial charge < -0.3 is 19.4 Å². The Kier molecular flexibility index (Phi) is 5.60. The van der Waals surface area contributed by atoms with Crippen LogP contribution in [0.5, 0.6) is 5.75 Å².